The molecule has 1 aliphatic heterocycles. The largest absolute Gasteiger partial charge is 0.323 e. The molecule has 1 N–H and O–H groups in total. The lowest BCUT2D eigenvalue weighted by Crippen LogP contribution is -2.31. The highest BCUT2D eigenvalue weighted by atomic mass is 15.1. The Bertz CT molecular complexity index is 928. The van der Waals surface area contributed by atoms with Gasteiger partial charge in [0.2, 0.25) is 5.95 Å². The van der Waals surface area contributed by atoms with Gasteiger partial charge in [-0.1, -0.05) is 29.8 Å². The molecule has 1 saturated heterocycles. The van der Waals surface area contributed by atoms with Crippen LogP contribution < -0.4 is 5.32 Å². The zero-order valence-corrected chi connectivity index (χ0v) is 17.2. The number of hydrogen-bond donors (Lipinski definition) is 1. The molecule has 0 saturated carbocycles. The fourth-order valence-electron chi connectivity index (χ4n) is 3.59. The zero-order valence-electron chi connectivity index (χ0n) is 17.2. The Morgan fingerprint density at radius 1 is 0.897 bits per heavy atom. The van der Waals surface area contributed by atoms with Gasteiger partial charge < -0.3 is 10.2 Å². The second-order valence-electron chi connectivity index (χ2n) is 7.73. The highest BCUT2D eigenvalue weighted by Gasteiger charge is 2.11. The van der Waals surface area contributed by atoms with Crippen LogP contribution in [0.15, 0.2) is 48.9 Å². The monoisotopic (exact) mass is 386 g/mol. The Hall–Kier alpha value is -2.79. The van der Waals surface area contributed by atoms with Gasteiger partial charge in [0, 0.05) is 36.6 Å². The fraction of sp³-hybridized carbons (Fsp3) is 0.333. The van der Waals surface area contributed by atoms with Crippen molar-refractivity contribution in [1.29, 1.82) is 0 Å². The van der Waals surface area contributed by atoms with E-state index in [9.17, 15) is 0 Å². The van der Waals surface area contributed by atoms with Crippen molar-refractivity contribution in [2.24, 2.45) is 0 Å². The van der Waals surface area contributed by atoms with Crippen LogP contribution in [-0.4, -0.2) is 39.5 Å². The number of anilines is 2. The van der Waals surface area contributed by atoms with Crippen molar-refractivity contribution in [2.75, 3.05) is 25.0 Å². The topological polar surface area (TPSA) is 53.9 Å². The molecule has 3 heterocycles. The van der Waals surface area contributed by atoms with E-state index < -0.39 is 0 Å². The van der Waals surface area contributed by atoms with Crippen molar-refractivity contribution < 1.29 is 0 Å². The average molecular weight is 387 g/mol. The Morgan fingerprint density at radius 2 is 1.62 bits per heavy atom. The molecule has 1 aliphatic rings. The summed E-state index contributed by atoms with van der Waals surface area (Å²) in [7, 11) is 0. The van der Waals surface area contributed by atoms with E-state index in [1.54, 1.807) is 0 Å². The molecule has 1 fully saturated rings. The van der Waals surface area contributed by atoms with Crippen LogP contribution >= 0.6 is 0 Å². The van der Waals surface area contributed by atoms with Gasteiger partial charge in [-0.15, -0.1) is 0 Å². The number of rotatable bonds is 6. The summed E-state index contributed by atoms with van der Waals surface area (Å²) in [6, 6.07) is 10.6. The van der Waals surface area contributed by atoms with Crippen molar-refractivity contribution in [3.63, 3.8) is 0 Å². The summed E-state index contributed by atoms with van der Waals surface area (Å²) in [5, 5.41) is 3.29. The third-order valence-electron chi connectivity index (χ3n) is 5.43. The second kappa shape index (κ2) is 9.14. The summed E-state index contributed by atoms with van der Waals surface area (Å²) in [5.41, 5.74) is 6.62. The second-order valence-corrected chi connectivity index (χ2v) is 7.73. The Kier molecular flexibility index (Phi) is 6.15. The maximum absolute atomic E-state index is 4.64. The number of benzene rings is 1. The number of aryl methyl sites for hydroxylation is 2. The van der Waals surface area contributed by atoms with E-state index in [1.807, 2.05) is 18.6 Å². The molecule has 0 bridgehead atoms. The molecular formula is C24H28N5. The summed E-state index contributed by atoms with van der Waals surface area (Å²) in [5.74, 6) is 0.586. The van der Waals surface area contributed by atoms with Gasteiger partial charge in [0.1, 0.15) is 0 Å². The van der Waals surface area contributed by atoms with Crippen molar-refractivity contribution in [2.45, 2.75) is 33.1 Å². The van der Waals surface area contributed by atoms with Crippen LogP contribution in [0.3, 0.4) is 0 Å². The smallest absolute Gasteiger partial charge is 0.227 e. The van der Waals surface area contributed by atoms with Crippen LogP contribution in [-0.2, 0) is 6.42 Å². The fourth-order valence-corrected chi connectivity index (χ4v) is 3.59. The van der Waals surface area contributed by atoms with E-state index >= 15 is 0 Å². The van der Waals surface area contributed by atoms with Crippen LogP contribution in [0.25, 0.3) is 11.1 Å². The van der Waals surface area contributed by atoms with Gasteiger partial charge in [0.15, 0.2) is 0 Å². The average Bonchev–Trinajstić information content (AvgIpc) is 2.76. The van der Waals surface area contributed by atoms with Gasteiger partial charge in [-0.3, -0.25) is 4.98 Å². The Balaban J connectivity index is 1.38. The minimum absolute atomic E-state index is 0.586. The van der Waals surface area contributed by atoms with E-state index in [0.29, 0.717) is 5.95 Å². The normalized spacial score (nSPS) is 14.7. The standard InChI is InChI=1S/C24H28N5/c1-18-6-8-20(9-7-18)21-15-26-24(27-16-21)28-23-17-25-22(14-19(23)2)10-13-29-11-4-3-5-12-29/h3,6-9,14-17H,4-5,10-13H2,1-2H3,(H,26,27,28). The van der Waals surface area contributed by atoms with Crippen molar-refractivity contribution >= 4 is 11.6 Å². The lowest BCUT2D eigenvalue weighted by molar-refractivity contribution is 0.256. The molecule has 4 rings (SSSR count). The molecule has 0 spiro atoms. The highest BCUT2D eigenvalue weighted by molar-refractivity contribution is 5.63. The molecule has 0 amide bonds. The molecular weight excluding hydrogens is 358 g/mol. The molecule has 1 aromatic carbocycles. The zero-order chi connectivity index (χ0) is 20.1. The predicted molar refractivity (Wildman–Crippen MR) is 118 cm³/mol. The van der Waals surface area contributed by atoms with E-state index in [4.69, 9.17) is 0 Å². The van der Waals surface area contributed by atoms with Gasteiger partial charge >= 0.3 is 0 Å². The lowest BCUT2D eigenvalue weighted by atomic mass is 10.1. The molecule has 29 heavy (non-hydrogen) atoms. The third-order valence-corrected chi connectivity index (χ3v) is 5.43. The summed E-state index contributed by atoms with van der Waals surface area (Å²) in [6.45, 7) is 7.62. The summed E-state index contributed by atoms with van der Waals surface area (Å²) in [4.78, 5) is 16.1. The minimum Gasteiger partial charge on any atom is -0.323 e. The molecule has 3 aromatic rings. The van der Waals surface area contributed by atoms with Gasteiger partial charge in [0.25, 0.3) is 0 Å². The number of hydrogen-bond acceptors (Lipinski definition) is 5. The first-order valence-corrected chi connectivity index (χ1v) is 10.3. The van der Waals surface area contributed by atoms with Crippen LogP contribution in [0, 0.1) is 20.3 Å². The lowest BCUT2D eigenvalue weighted by Gasteiger charge is -2.26. The number of nitrogens with one attached hydrogen (secondary N) is 1. The number of nitrogens with zero attached hydrogens (tertiary/aromatic N) is 4. The van der Waals surface area contributed by atoms with E-state index in [-0.39, 0.29) is 0 Å². The van der Waals surface area contributed by atoms with Gasteiger partial charge in [-0.2, -0.15) is 0 Å². The Labute approximate surface area is 173 Å². The third kappa shape index (κ3) is 5.18. The molecule has 0 atom stereocenters. The van der Waals surface area contributed by atoms with Crippen molar-refractivity contribution in [3.05, 3.63) is 72.2 Å². The molecule has 0 aliphatic carbocycles. The first-order chi connectivity index (χ1) is 14.2. The van der Waals surface area contributed by atoms with Crippen LogP contribution in [0.2, 0.25) is 0 Å². The molecule has 0 unspecified atom stereocenters. The van der Waals surface area contributed by atoms with Crippen LogP contribution in [0.4, 0.5) is 11.6 Å². The van der Waals surface area contributed by atoms with E-state index in [1.165, 1.54) is 31.5 Å². The van der Waals surface area contributed by atoms with Crippen molar-refractivity contribution in [1.82, 2.24) is 19.9 Å². The number of likely N-dealkylation sites (tertiary alicyclic amines) is 1. The van der Waals surface area contributed by atoms with Gasteiger partial charge in [-0.05, 0) is 63.4 Å². The quantitative estimate of drug-likeness (QED) is 0.663. The molecule has 149 valence electrons. The first-order valence-electron chi connectivity index (χ1n) is 10.3. The molecule has 5 heteroatoms. The van der Waals surface area contributed by atoms with Crippen LogP contribution in [0.5, 0.6) is 0 Å². The molecule has 1 radical (unpaired) electrons. The number of aromatic nitrogens is 3. The maximum atomic E-state index is 4.64. The summed E-state index contributed by atoms with van der Waals surface area (Å²) >= 11 is 0. The molecule has 5 nitrogen and oxygen atoms in total. The van der Waals surface area contributed by atoms with Gasteiger partial charge in [0.05, 0.1) is 11.9 Å². The minimum atomic E-state index is 0.586. The van der Waals surface area contributed by atoms with Crippen molar-refractivity contribution in [3.8, 4) is 11.1 Å². The molecule has 2 aromatic heterocycles. The van der Waals surface area contributed by atoms with E-state index in [0.717, 1.165) is 41.0 Å². The van der Waals surface area contributed by atoms with Gasteiger partial charge in [-0.25, -0.2) is 9.97 Å². The first kappa shape index (κ1) is 19.5. The maximum Gasteiger partial charge on any atom is 0.227 e. The summed E-state index contributed by atoms with van der Waals surface area (Å²) < 4.78 is 0. The number of piperidine rings is 1. The summed E-state index contributed by atoms with van der Waals surface area (Å²) in [6.07, 6.45) is 11.4. The van der Waals surface area contributed by atoms with Crippen LogP contribution in [0.1, 0.15) is 29.7 Å². The SMILES string of the molecule is Cc1ccc(-c2cnc(Nc3cnc(CCN4CC[CH]CC4)cc3C)nc2)cc1. The van der Waals surface area contributed by atoms with E-state index in [2.05, 4.69) is 75.8 Å². The Morgan fingerprint density at radius 3 is 2.31 bits per heavy atom. The number of pyridine rings is 1. The highest BCUT2D eigenvalue weighted by Crippen LogP contribution is 2.21. The predicted octanol–water partition coefficient (Wildman–Crippen LogP) is 4.74.